The van der Waals surface area contributed by atoms with Crippen molar-refractivity contribution in [1.29, 1.82) is 0 Å². The van der Waals surface area contributed by atoms with Crippen LogP contribution in [-0.4, -0.2) is 29.1 Å². The average molecular weight is 487 g/mol. The minimum atomic E-state index is -0.520. The molecule has 7 rings (SSSR count). The minimum absolute atomic E-state index is 0.325. The number of rotatable bonds is 5. The number of aromatic nitrogens is 6. The van der Waals surface area contributed by atoms with Gasteiger partial charge in [0, 0.05) is 11.3 Å². The second kappa shape index (κ2) is 8.20. The Bertz CT molecular complexity index is 1960. The van der Waals surface area contributed by atoms with E-state index in [1.54, 1.807) is 16.8 Å². The van der Waals surface area contributed by atoms with Crippen LogP contribution in [0.15, 0.2) is 83.7 Å². The van der Waals surface area contributed by atoms with E-state index in [4.69, 9.17) is 5.10 Å². The molecule has 9 heteroatoms. The Morgan fingerprint density at radius 3 is 2.54 bits per heavy atom. The molecule has 178 valence electrons. The quantitative estimate of drug-likeness (QED) is 0.370. The monoisotopic (exact) mass is 487 g/mol. The number of benzene rings is 2. The van der Waals surface area contributed by atoms with Gasteiger partial charge in [0.2, 0.25) is 11.7 Å². The SMILES string of the molecule is O=c1nc2nc3c(n2c2nn(Cc4ccc(-c5cccc(F)n5)cc4)c(Nc4ccccc4)c12)=CC=C3. The van der Waals surface area contributed by atoms with Crippen LogP contribution in [-0.2, 0) is 6.54 Å². The smallest absolute Gasteiger partial charge is 0.287 e. The summed E-state index contributed by atoms with van der Waals surface area (Å²) >= 11 is 0. The number of hydrogen-bond acceptors (Lipinski definition) is 6. The maximum absolute atomic E-state index is 13.6. The van der Waals surface area contributed by atoms with Crippen molar-refractivity contribution in [3.8, 4) is 11.3 Å². The van der Waals surface area contributed by atoms with Crippen LogP contribution in [0.2, 0.25) is 0 Å². The molecule has 0 saturated carbocycles. The van der Waals surface area contributed by atoms with Crippen molar-refractivity contribution in [2.24, 2.45) is 0 Å². The maximum atomic E-state index is 13.6. The van der Waals surface area contributed by atoms with E-state index in [9.17, 15) is 9.18 Å². The number of nitrogens with zero attached hydrogens (tertiary/aromatic N) is 6. The molecule has 8 nitrogen and oxygen atoms in total. The minimum Gasteiger partial charge on any atom is -0.340 e. The molecule has 1 N–H and O–H groups in total. The molecule has 0 spiro atoms. The first-order chi connectivity index (χ1) is 18.1. The molecule has 0 radical (unpaired) electrons. The molecule has 1 aliphatic rings. The van der Waals surface area contributed by atoms with E-state index in [1.807, 2.05) is 77.2 Å². The van der Waals surface area contributed by atoms with Gasteiger partial charge in [-0.1, -0.05) is 54.6 Å². The van der Waals surface area contributed by atoms with E-state index in [1.165, 1.54) is 6.07 Å². The predicted octanol–water partition coefficient (Wildman–Crippen LogP) is 3.96. The summed E-state index contributed by atoms with van der Waals surface area (Å²) < 4.78 is 17.2. The lowest BCUT2D eigenvalue weighted by atomic mass is 10.1. The zero-order chi connectivity index (χ0) is 24.9. The maximum Gasteiger partial charge on any atom is 0.287 e. The van der Waals surface area contributed by atoms with E-state index < -0.39 is 11.5 Å². The molecular formula is C28H18FN7O. The first kappa shape index (κ1) is 21.1. The Morgan fingerprint density at radius 2 is 1.73 bits per heavy atom. The number of allylic oxidation sites excluding steroid dienone is 1. The Morgan fingerprint density at radius 1 is 0.892 bits per heavy atom. The molecule has 0 amide bonds. The number of para-hydroxylation sites is 1. The van der Waals surface area contributed by atoms with Gasteiger partial charge in [0.25, 0.3) is 5.56 Å². The number of hydrogen-bond donors (Lipinski definition) is 1. The lowest BCUT2D eigenvalue weighted by Crippen LogP contribution is -2.16. The molecule has 37 heavy (non-hydrogen) atoms. The van der Waals surface area contributed by atoms with Crippen molar-refractivity contribution >= 4 is 40.5 Å². The van der Waals surface area contributed by atoms with Crippen LogP contribution >= 0.6 is 0 Å². The van der Waals surface area contributed by atoms with Gasteiger partial charge in [0.1, 0.15) is 11.2 Å². The van der Waals surface area contributed by atoms with Crippen molar-refractivity contribution in [3.63, 3.8) is 0 Å². The van der Waals surface area contributed by atoms with Crippen molar-refractivity contribution < 1.29 is 4.39 Å². The summed E-state index contributed by atoms with van der Waals surface area (Å²) in [4.78, 5) is 25.9. The highest BCUT2D eigenvalue weighted by Gasteiger charge is 2.22. The number of fused-ring (bicyclic) bond motifs is 5. The fourth-order valence-corrected chi connectivity index (χ4v) is 4.61. The standard InChI is InChI=1S/C28H18FN7O/c29-23-11-5-8-20(31-23)18-14-12-17(13-15-18)16-35-25(30-19-6-2-1-3-7-19)24-26(34-35)36-22-10-4-9-21(22)32-28(36)33-27(24)37/h1-15,30H,16H2. The molecule has 4 heterocycles. The van der Waals surface area contributed by atoms with Gasteiger partial charge >= 0.3 is 0 Å². The molecule has 0 atom stereocenters. The lowest BCUT2D eigenvalue weighted by Gasteiger charge is -2.11. The topological polar surface area (TPSA) is 90.0 Å². The van der Waals surface area contributed by atoms with Gasteiger partial charge in [0.05, 0.1) is 23.3 Å². The van der Waals surface area contributed by atoms with Gasteiger partial charge in [-0.3, -0.25) is 9.20 Å². The number of imidazole rings is 1. The molecule has 0 saturated heterocycles. The molecule has 6 aromatic rings. The lowest BCUT2D eigenvalue weighted by molar-refractivity contribution is 0.585. The molecule has 4 aromatic heterocycles. The van der Waals surface area contributed by atoms with Crippen LogP contribution in [0.3, 0.4) is 0 Å². The highest BCUT2D eigenvalue weighted by atomic mass is 19.1. The van der Waals surface area contributed by atoms with Gasteiger partial charge < -0.3 is 5.32 Å². The predicted molar refractivity (Wildman–Crippen MR) is 140 cm³/mol. The van der Waals surface area contributed by atoms with E-state index in [-0.39, 0.29) is 0 Å². The molecule has 0 bridgehead atoms. The van der Waals surface area contributed by atoms with E-state index >= 15 is 0 Å². The third kappa shape index (κ3) is 3.56. The average Bonchev–Trinajstić information content (AvgIpc) is 3.59. The summed E-state index contributed by atoms with van der Waals surface area (Å²) in [5, 5.41) is 9.47. The Balaban J connectivity index is 1.37. The van der Waals surface area contributed by atoms with E-state index in [0.717, 1.165) is 27.9 Å². The van der Waals surface area contributed by atoms with Crippen LogP contribution < -0.4 is 16.2 Å². The normalized spacial score (nSPS) is 12.2. The van der Waals surface area contributed by atoms with E-state index in [0.29, 0.717) is 34.9 Å². The number of halogens is 1. The van der Waals surface area contributed by atoms with Gasteiger partial charge in [-0.05, 0) is 42.0 Å². The number of anilines is 2. The number of nitrogens with one attached hydrogen (secondary N) is 1. The van der Waals surface area contributed by atoms with Crippen LogP contribution in [0.5, 0.6) is 0 Å². The molecule has 0 aliphatic heterocycles. The highest BCUT2D eigenvalue weighted by Crippen LogP contribution is 2.26. The van der Waals surface area contributed by atoms with Crippen LogP contribution in [0.25, 0.3) is 40.2 Å². The summed E-state index contributed by atoms with van der Waals surface area (Å²) in [5.74, 6) is 0.351. The van der Waals surface area contributed by atoms with Crippen molar-refractivity contribution in [2.75, 3.05) is 5.32 Å². The Hall–Kier alpha value is -5.18. The Kier molecular flexibility index (Phi) is 4.68. The summed E-state index contributed by atoms with van der Waals surface area (Å²) in [7, 11) is 0. The van der Waals surface area contributed by atoms with Crippen molar-refractivity contribution in [2.45, 2.75) is 6.54 Å². The second-order valence-corrected chi connectivity index (χ2v) is 8.70. The third-order valence-electron chi connectivity index (χ3n) is 6.33. The first-order valence-corrected chi connectivity index (χ1v) is 11.7. The van der Waals surface area contributed by atoms with Crippen molar-refractivity contribution in [1.82, 2.24) is 29.1 Å². The van der Waals surface area contributed by atoms with Gasteiger partial charge in [-0.15, -0.1) is 0 Å². The van der Waals surface area contributed by atoms with Crippen LogP contribution in [0.1, 0.15) is 11.3 Å². The summed E-state index contributed by atoms with van der Waals surface area (Å²) in [5.41, 5.74) is 3.99. The zero-order valence-corrected chi connectivity index (χ0v) is 19.3. The fourth-order valence-electron chi connectivity index (χ4n) is 4.61. The largest absolute Gasteiger partial charge is 0.340 e. The van der Waals surface area contributed by atoms with Gasteiger partial charge in [0.15, 0.2) is 5.65 Å². The summed E-state index contributed by atoms with van der Waals surface area (Å²) in [6.07, 6.45) is 5.73. The molecule has 1 aliphatic carbocycles. The van der Waals surface area contributed by atoms with Crippen LogP contribution in [0, 0.1) is 5.95 Å². The summed E-state index contributed by atoms with van der Waals surface area (Å²) in [6, 6.07) is 22.0. The molecule has 0 fully saturated rings. The second-order valence-electron chi connectivity index (χ2n) is 8.70. The van der Waals surface area contributed by atoms with Gasteiger partial charge in [-0.25, -0.2) is 14.6 Å². The van der Waals surface area contributed by atoms with Crippen molar-refractivity contribution in [3.05, 3.63) is 112 Å². The molecule has 2 aromatic carbocycles. The van der Waals surface area contributed by atoms with Gasteiger partial charge in [-0.2, -0.15) is 14.5 Å². The highest BCUT2D eigenvalue weighted by molar-refractivity contribution is 5.90. The van der Waals surface area contributed by atoms with E-state index in [2.05, 4.69) is 20.3 Å². The number of pyridine rings is 1. The third-order valence-corrected chi connectivity index (χ3v) is 6.33. The van der Waals surface area contributed by atoms with Crippen LogP contribution in [0.4, 0.5) is 15.9 Å². The molecule has 0 unspecified atom stereocenters. The first-order valence-electron chi connectivity index (χ1n) is 11.7. The zero-order valence-electron chi connectivity index (χ0n) is 19.3. The Labute approximate surface area is 209 Å². The molecular weight excluding hydrogens is 469 g/mol. The summed E-state index contributed by atoms with van der Waals surface area (Å²) in [6.45, 7) is 0.389. The fraction of sp³-hybridized carbons (Fsp3) is 0.0357.